The van der Waals surface area contributed by atoms with Gasteiger partial charge in [0, 0.05) is 10.2 Å². The van der Waals surface area contributed by atoms with Crippen LogP contribution in [0.2, 0.25) is 0 Å². The van der Waals surface area contributed by atoms with Gasteiger partial charge in [-0.15, -0.1) is 0 Å². The number of hydrogen-bond acceptors (Lipinski definition) is 0. The zero-order valence-corrected chi connectivity index (χ0v) is 18.2. The Morgan fingerprint density at radius 2 is 1.22 bits per heavy atom. The molecule has 0 amide bonds. The van der Waals surface area contributed by atoms with Crippen molar-refractivity contribution in [2.75, 3.05) is 0 Å². The van der Waals surface area contributed by atoms with Crippen LogP contribution >= 0.6 is 8.19 Å². The van der Waals surface area contributed by atoms with Crippen molar-refractivity contribution in [3.8, 4) is 0 Å². The van der Waals surface area contributed by atoms with E-state index in [4.69, 9.17) is 0 Å². The number of benzene rings is 3. The molecule has 0 saturated carbocycles. The minimum Gasteiger partial charge on any atom is -0.0616 e. The molecule has 0 atom stereocenters. The highest BCUT2D eigenvalue weighted by Gasteiger charge is 2.38. The van der Waals surface area contributed by atoms with Gasteiger partial charge in [-0.25, -0.2) is 0 Å². The van der Waals surface area contributed by atoms with Gasteiger partial charge in [0.05, 0.1) is 0 Å². The molecular formula is C26H29P. The number of rotatable bonds is 1. The van der Waals surface area contributed by atoms with Gasteiger partial charge in [-0.2, -0.15) is 0 Å². The lowest BCUT2D eigenvalue weighted by Gasteiger charge is -2.42. The zero-order chi connectivity index (χ0) is 19.4. The lowest BCUT2D eigenvalue weighted by molar-refractivity contribution is 0.179. The largest absolute Gasteiger partial charge is 0.0616 e. The topological polar surface area (TPSA) is 0 Å². The Hall–Kier alpha value is -1.91. The summed E-state index contributed by atoms with van der Waals surface area (Å²) in [6, 6.07) is 22.6. The van der Waals surface area contributed by atoms with Crippen LogP contribution < -0.4 is 0 Å². The van der Waals surface area contributed by atoms with Crippen molar-refractivity contribution in [2.45, 2.75) is 47.5 Å². The van der Waals surface area contributed by atoms with E-state index < -0.39 is 0 Å². The third-order valence-electron chi connectivity index (χ3n) is 5.61. The summed E-state index contributed by atoms with van der Waals surface area (Å²) in [6.07, 6.45) is 0. The van der Waals surface area contributed by atoms with Crippen molar-refractivity contribution in [1.29, 1.82) is 0 Å². The summed E-state index contributed by atoms with van der Waals surface area (Å²) >= 11 is 0. The first-order chi connectivity index (χ1) is 12.7. The van der Waals surface area contributed by atoms with Crippen LogP contribution in [0.5, 0.6) is 0 Å². The molecule has 0 N–H and O–H groups in total. The fraction of sp³-hybridized carbons (Fsp3) is 0.346. The quantitative estimate of drug-likeness (QED) is 0.293. The predicted molar refractivity (Wildman–Crippen MR) is 123 cm³/mol. The lowest BCUT2D eigenvalue weighted by atomic mass is 9.62. The van der Waals surface area contributed by atoms with Crippen LogP contribution in [0.15, 0.2) is 60.7 Å². The molecule has 0 spiro atoms. The van der Waals surface area contributed by atoms with Gasteiger partial charge in [0.1, 0.15) is 0 Å². The van der Waals surface area contributed by atoms with Gasteiger partial charge in [-0.1, -0.05) is 92.2 Å². The molecular weight excluding hydrogens is 343 g/mol. The van der Waals surface area contributed by atoms with Crippen molar-refractivity contribution in [2.24, 2.45) is 10.8 Å². The standard InChI is InChI=1S/C26H29P/c1-25(2,3)24(26(4,5)6)23-19-13-9-7-11-17(19)16-22-20(23)15-18-12-8-10-14-21(18)27-22/h7-16,24H,1-6H3. The van der Waals surface area contributed by atoms with Gasteiger partial charge in [0.15, 0.2) is 0 Å². The predicted octanol–water partition coefficient (Wildman–Crippen LogP) is 8.90. The Bertz CT molecular complexity index is 1120. The first kappa shape index (κ1) is 18.5. The summed E-state index contributed by atoms with van der Waals surface area (Å²) in [5, 5.41) is 8.45. The van der Waals surface area contributed by atoms with Crippen molar-refractivity contribution in [3.63, 3.8) is 0 Å². The zero-order valence-electron chi connectivity index (χ0n) is 17.3. The SMILES string of the molecule is CC(C)(C)C(c1c2ccccc2cc2pc3ccccc3cc12)C(C)(C)C. The minimum atomic E-state index is 0.178. The molecule has 0 fully saturated rings. The third-order valence-corrected chi connectivity index (χ3v) is 6.87. The van der Waals surface area contributed by atoms with E-state index in [1.807, 2.05) is 0 Å². The summed E-state index contributed by atoms with van der Waals surface area (Å²) in [4.78, 5) is 0. The average Bonchev–Trinajstić information content (AvgIpc) is 2.57. The smallest absolute Gasteiger partial charge is 0.0106 e. The fourth-order valence-electron chi connectivity index (χ4n) is 5.09. The molecule has 0 aliphatic carbocycles. The molecule has 4 aromatic rings. The molecule has 0 bridgehead atoms. The molecule has 0 aliphatic heterocycles. The monoisotopic (exact) mass is 372 g/mol. The lowest BCUT2D eigenvalue weighted by Crippen LogP contribution is -2.30. The second-order valence-corrected chi connectivity index (χ2v) is 11.1. The van der Waals surface area contributed by atoms with E-state index in [0.29, 0.717) is 5.92 Å². The molecule has 0 nitrogen and oxygen atoms in total. The maximum absolute atomic E-state index is 2.44. The van der Waals surface area contributed by atoms with Crippen molar-refractivity contribution in [1.82, 2.24) is 0 Å². The van der Waals surface area contributed by atoms with E-state index in [-0.39, 0.29) is 10.8 Å². The normalized spacial score (nSPS) is 13.4. The summed E-state index contributed by atoms with van der Waals surface area (Å²) < 4.78 is 0. The molecule has 27 heavy (non-hydrogen) atoms. The van der Waals surface area contributed by atoms with Crippen molar-refractivity contribution >= 4 is 40.0 Å². The Morgan fingerprint density at radius 3 is 1.89 bits per heavy atom. The second-order valence-electron chi connectivity index (χ2n) is 9.92. The van der Waals surface area contributed by atoms with E-state index >= 15 is 0 Å². The molecule has 0 saturated heterocycles. The Kier molecular flexibility index (Phi) is 4.32. The number of fused-ring (bicyclic) bond motifs is 3. The van der Waals surface area contributed by atoms with E-state index in [1.165, 1.54) is 45.5 Å². The average molecular weight is 372 g/mol. The van der Waals surface area contributed by atoms with E-state index in [1.54, 1.807) is 0 Å². The molecule has 1 heterocycles. The van der Waals surface area contributed by atoms with Crippen molar-refractivity contribution < 1.29 is 0 Å². The maximum Gasteiger partial charge on any atom is 0.0106 e. The van der Waals surface area contributed by atoms with Crippen LogP contribution in [0.25, 0.3) is 31.8 Å². The molecule has 4 rings (SSSR count). The first-order valence-corrected chi connectivity index (χ1v) is 10.8. The van der Waals surface area contributed by atoms with Gasteiger partial charge in [-0.05, 0) is 62.1 Å². The van der Waals surface area contributed by atoms with Gasteiger partial charge in [-0.3, -0.25) is 0 Å². The number of hydrogen-bond donors (Lipinski definition) is 0. The van der Waals surface area contributed by atoms with Crippen LogP contribution in [-0.2, 0) is 0 Å². The van der Waals surface area contributed by atoms with Gasteiger partial charge < -0.3 is 0 Å². The molecule has 1 aromatic heterocycles. The summed E-state index contributed by atoms with van der Waals surface area (Å²) in [6.45, 7) is 14.4. The molecule has 0 unspecified atom stereocenters. The Labute approximate surface area is 164 Å². The third kappa shape index (κ3) is 3.26. The summed E-state index contributed by atoms with van der Waals surface area (Å²) in [5.74, 6) is 0.460. The minimum absolute atomic E-state index is 0.178. The molecule has 1 heteroatoms. The van der Waals surface area contributed by atoms with Crippen LogP contribution in [0.4, 0.5) is 0 Å². The van der Waals surface area contributed by atoms with E-state index in [0.717, 1.165) is 0 Å². The maximum atomic E-state index is 2.44. The molecule has 0 aliphatic rings. The second kappa shape index (κ2) is 6.32. The van der Waals surface area contributed by atoms with E-state index in [9.17, 15) is 0 Å². The van der Waals surface area contributed by atoms with Crippen LogP contribution in [0.3, 0.4) is 0 Å². The first-order valence-electron chi connectivity index (χ1n) is 9.87. The van der Waals surface area contributed by atoms with Crippen LogP contribution in [-0.4, -0.2) is 0 Å². The van der Waals surface area contributed by atoms with Gasteiger partial charge >= 0.3 is 0 Å². The van der Waals surface area contributed by atoms with Crippen LogP contribution in [0, 0.1) is 10.8 Å². The molecule has 0 radical (unpaired) electrons. The van der Waals surface area contributed by atoms with Crippen LogP contribution in [0.1, 0.15) is 53.0 Å². The van der Waals surface area contributed by atoms with E-state index in [2.05, 4.69) is 102 Å². The highest BCUT2D eigenvalue weighted by atomic mass is 31.0. The molecule has 138 valence electrons. The van der Waals surface area contributed by atoms with Gasteiger partial charge in [0.2, 0.25) is 0 Å². The summed E-state index contributed by atoms with van der Waals surface area (Å²) in [7, 11) is 1.33. The Balaban J connectivity index is 2.22. The fourth-order valence-corrected chi connectivity index (χ4v) is 6.29. The molecule has 3 aromatic carbocycles. The summed E-state index contributed by atoms with van der Waals surface area (Å²) in [5.41, 5.74) is 1.89. The highest BCUT2D eigenvalue weighted by molar-refractivity contribution is 7.43. The Morgan fingerprint density at radius 1 is 0.630 bits per heavy atom. The van der Waals surface area contributed by atoms with Gasteiger partial charge in [0.25, 0.3) is 0 Å². The van der Waals surface area contributed by atoms with Crippen molar-refractivity contribution in [3.05, 3.63) is 66.2 Å². The highest BCUT2D eigenvalue weighted by Crippen LogP contribution is 2.52.